The van der Waals surface area contributed by atoms with E-state index in [2.05, 4.69) is 21.2 Å². The second-order valence-electron chi connectivity index (χ2n) is 5.54. The number of nitriles is 1. The first-order valence-corrected chi connectivity index (χ1v) is 8.44. The van der Waals surface area contributed by atoms with Gasteiger partial charge in [0.25, 0.3) is 11.2 Å². The molecule has 1 aromatic carbocycles. The molecule has 27 heavy (non-hydrogen) atoms. The molecular formula is C17H15BrN4O5. The summed E-state index contributed by atoms with van der Waals surface area (Å²) in [5.41, 5.74) is 0.462. The largest absolute Gasteiger partial charge is 0.380 e. The molecule has 0 atom stereocenters. The highest BCUT2D eigenvalue weighted by Crippen LogP contribution is 2.23. The summed E-state index contributed by atoms with van der Waals surface area (Å²) in [6, 6.07) is 7.17. The molecule has 0 aliphatic heterocycles. The molecule has 0 bridgehead atoms. The van der Waals surface area contributed by atoms with Gasteiger partial charge in [-0.15, -0.1) is 0 Å². The summed E-state index contributed by atoms with van der Waals surface area (Å²) < 4.78 is 6.73. The van der Waals surface area contributed by atoms with Crippen molar-refractivity contribution in [2.45, 2.75) is 20.1 Å². The van der Waals surface area contributed by atoms with Crippen LogP contribution >= 0.6 is 15.9 Å². The van der Waals surface area contributed by atoms with E-state index in [9.17, 15) is 25.0 Å². The van der Waals surface area contributed by atoms with Gasteiger partial charge in [-0.1, -0.05) is 0 Å². The minimum atomic E-state index is -0.593. The number of carbonyl (C=O) groups is 1. The Morgan fingerprint density at radius 1 is 1.41 bits per heavy atom. The van der Waals surface area contributed by atoms with Gasteiger partial charge in [-0.2, -0.15) is 5.26 Å². The Kier molecular flexibility index (Phi) is 6.44. The van der Waals surface area contributed by atoms with Crippen LogP contribution in [0.5, 0.6) is 0 Å². The SMILES string of the molecule is COCc1c(Br)c(C)n(CC(=O)Nc2ccc([N+](=O)[O-])cc2)c(=O)c1C#N. The zero-order chi connectivity index (χ0) is 20.1. The van der Waals surface area contributed by atoms with Crippen LogP contribution in [0.15, 0.2) is 33.5 Å². The minimum absolute atomic E-state index is 0.0788. The van der Waals surface area contributed by atoms with Crippen molar-refractivity contribution < 1.29 is 14.5 Å². The predicted octanol–water partition coefficient (Wildman–Crippen LogP) is 2.48. The number of amides is 1. The van der Waals surface area contributed by atoms with Crippen molar-refractivity contribution in [2.24, 2.45) is 0 Å². The summed E-state index contributed by atoms with van der Waals surface area (Å²) in [7, 11) is 1.45. The van der Waals surface area contributed by atoms with Gasteiger partial charge in [0.1, 0.15) is 18.2 Å². The van der Waals surface area contributed by atoms with E-state index in [1.807, 2.05) is 6.07 Å². The van der Waals surface area contributed by atoms with E-state index in [1.54, 1.807) is 6.92 Å². The molecule has 1 N–H and O–H groups in total. The molecule has 2 rings (SSSR count). The molecular weight excluding hydrogens is 420 g/mol. The van der Waals surface area contributed by atoms with Gasteiger partial charge in [0.05, 0.1) is 11.5 Å². The molecule has 140 valence electrons. The Hall–Kier alpha value is -3.03. The average Bonchev–Trinajstić information content (AvgIpc) is 2.64. The van der Waals surface area contributed by atoms with E-state index < -0.39 is 16.4 Å². The van der Waals surface area contributed by atoms with Crippen LogP contribution in [-0.4, -0.2) is 22.5 Å². The monoisotopic (exact) mass is 434 g/mol. The maximum atomic E-state index is 12.6. The van der Waals surface area contributed by atoms with Gasteiger partial charge >= 0.3 is 0 Å². The third kappa shape index (κ3) is 4.39. The Labute approximate surface area is 162 Å². The summed E-state index contributed by atoms with van der Waals surface area (Å²) in [5.74, 6) is -0.510. The van der Waals surface area contributed by atoms with Crippen molar-refractivity contribution in [3.8, 4) is 6.07 Å². The van der Waals surface area contributed by atoms with Crippen molar-refractivity contribution in [3.05, 3.63) is 66.0 Å². The van der Waals surface area contributed by atoms with E-state index in [0.717, 1.165) is 0 Å². The van der Waals surface area contributed by atoms with Gasteiger partial charge in [-0.25, -0.2) is 0 Å². The third-order valence-corrected chi connectivity index (χ3v) is 4.86. The van der Waals surface area contributed by atoms with Crippen LogP contribution in [-0.2, 0) is 22.7 Å². The molecule has 0 spiro atoms. The van der Waals surface area contributed by atoms with Gasteiger partial charge in [-0.05, 0) is 35.0 Å². The molecule has 0 fully saturated rings. The molecule has 9 nitrogen and oxygen atoms in total. The zero-order valence-corrected chi connectivity index (χ0v) is 16.1. The molecule has 0 unspecified atom stereocenters. The first kappa shape index (κ1) is 20.3. The number of non-ortho nitro benzene ring substituents is 1. The van der Waals surface area contributed by atoms with Crippen LogP contribution in [0.4, 0.5) is 11.4 Å². The standard InChI is InChI=1S/C17H15BrN4O5/c1-10-16(18)14(9-27-2)13(7-19)17(24)21(10)8-15(23)20-11-3-5-12(6-4-11)22(25)26/h3-6H,8-9H2,1-2H3,(H,20,23). The van der Waals surface area contributed by atoms with E-state index in [1.165, 1.54) is 35.9 Å². The molecule has 0 aliphatic carbocycles. The van der Waals surface area contributed by atoms with Crippen LogP contribution < -0.4 is 10.9 Å². The summed E-state index contributed by atoms with van der Waals surface area (Å²) >= 11 is 3.35. The maximum absolute atomic E-state index is 12.6. The molecule has 1 heterocycles. The van der Waals surface area contributed by atoms with Crippen molar-refractivity contribution in [3.63, 3.8) is 0 Å². The fraction of sp³-hybridized carbons (Fsp3) is 0.235. The summed E-state index contributed by atoms with van der Waals surface area (Å²) in [5, 5.41) is 22.5. The number of aromatic nitrogens is 1. The minimum Gasteiger partial charge on any atom is -0.380 e. The van der Waals surface area contributed by atoms with E-state index in [4.69, 9.17) is 4.74 Å². The molecule has 0 aliphatic rings. The molecule has 1 aromatic heterocycles. The fourth-order valence-corrected chi connectivity index (χ4v) is 2.99. The van der Waals surface area contributed by atoms with Gasteiger partial charge in [0.2, 0.25) is 5.91 Å². The lowest BCUT2D eigenvalue weighted by Crippen LogP contribution is -2.32. The summed E-state index contributed by atoms with van der Waals surface area (Å²) in [4.78, 5) is 35.0. The number of nitro groups is 1. The number of benzene rings is 1. The molecule has 0 radical (unpaired) electrons. The lowest BCUT2D eigenvalue weighted by molar-refractivity contribution is -0.384. The number of nitrogens with zero attached hydrogens (tertiary/aromatic N) is 3. The molecule has 2 aromatic rings. The lowest BCUT2D eigenvalue weighted by atomic mass is 10.1. The van der Waals surface area contributed by atoms with Crippen molar-refractivity contribution in [1.29, 1.82) is 5.26 Å². The highest BCUT2D eigenvalue weighted by Gasteiger charge is 2.19. The van der Waals surface area contributed by atoms with Crippen LogP contribution in [0.2, 0.25) is 0 Å². The number of nitrogens with one attached hydrogen (secondary N) is 1. The number of hydrogen-bond donors (Lipinski definition) is 1. The number of ether oxygens (including phenoxy) is 1. The first-order chi connectivity index (χ1) is 12.8. The van der Waals surface area contributed by atoms with Crippen LogP contribution in [0.3, 0.4) is 0 Å². The van der Waals surface area contributed by atoms with Crippen LogP contribution in [0.1, 0.15) is 16.8 Å². The van der Waals surface area contributed by atoms with E-state index >= 15 is 0 Å². The number of methoxy groups -OCH3 is 1. The predicted molar refractivity (Wildman–Crippen MR) is 100 cm³/mol. The normalized spacial score (nSPS) is 10.3. The average molecular weight is 435 g/mol. The third-order valence-electron chi connectivity index (χ3n) is 3.81. The number of pyridine rings is 1. The fourth-order valence-electron chi connectivity index (χ4n) is 2.46. The van der Waals surface area contributed by atoms with Crippen LogP contribution in [0, 0.1) is 28.4 Å². The Bertz CT molecular complexity index is 992. The second-order valence-corrected chi connectivity index (χ2v) is 6.33. The Morgan fingerprint density at radius 3 is 2.56 bits per heavy atom. The molecule has 0 saturated heterocycles. The van der Waals surface area contributed by atoms with Gasteiger partial charge < -0.3 is 14.6 Å². The van der Waals surface area contributed by atoms with E-state index in [0.29, 0.717) is 21.4 Å². The van der Waals surface area contributed by atoms with Gasteiger partial charge in [0.15, 0.2) is 0 Å². The quantitative estimate of drug-likeness (QED) is 0.549. The number of carbonyl (C=O) groups excluding carboxylic acids is 1. The van der Waals surface area contributed by atoms with Gasteiger partial charge in [-0.3, -0.25) is 19.7 Å². The molecule has 10 heteroatoms. The van der Waals surface area contributed by atoms with Crippen molar-refractivity contribution >= 4 is 33.2 Å². The van der Waals surface area contributed by atoms with Crippen molar-refractivity contribution in [2.75, 3.05) is 12.4 Å². The van der Waals surface area contributed by atoms with Crippen molar-refractivity contribution in [1.82, 2.24) is 4.57 Å². The van der Waals surface area contributed by atoms with E-state index in [-0.39, 0.29) is 24.4 Å². The molecule has 0 saturated carbocycles. The smallest absolute Gasteiger partial charge is 0.269 e. The highest BCUT2D eigenvalue weighted by atomic mass is 79.9. The summed E-state index contributed by atoms with van der Waals surface area (Å²) in [6.07, 6.45) is 0. The number of halogens is 1. The first-order valence-electron chi connectivity index (χ1n) is 7.65. The second kappa shape index (κ2) is 8.57. The Morgan fingerprint density at radius 2 is 2.04 bits per heavy atom. The molecule has 1 amide bonds. The van der Waals surface area contributed by atoms with Crippen LogP contribution in [0.25, 0.3) is 0 Å². The zero-order valence-electron chi connectivity index (χ0n) is 14.5. The number of nitro benzene ring substituents is 1. The number of hydrogen-bond acceptors (Lipinski definition) is 6. The highest BCUT2D eigenvalue weighted by molar-refractivity contribution is 9.10. The lowest BCUT2D eigenvalue weighted by Gasteiger charge is -2.16. The number of anilines is 1. The number of rotatable bonds is 6. The Balaban J connectivity index is 2.30. The maximum Gasteiger partial charge on any atom is 0.269 e. The van der Waals surface area contributed by atoms with Gasteiger partial charge in [0, 0.05) is 40.7 Å². The summed E-state index contributed by atoms with van der Waals surface area (Å²) in [6.45, 7) is 1.41. The topological polar surface area (TPSA) is 127 Å².